The van der Waals surface area contributed by atoms with Crippen molar-refractivity contribution in [2.75, 3.05) is 0 Å². The average Bonchev–Trinajstić information content (AvgIpc) is 2.64. The van der Waals surface area contributed by atoms with Crippen molar-refractivity contribution in [1.29, 1.82) is 0 Å². The van der Waals surface area contributed by atoms with Crippen LogP contribution in [0.5, 0.6) is 0 Å². The van der Waals surface area contributed by atoms with Crippen LogP contribution in [0, 0.1) is 0 Å². The number of rotatable bonds is 8. The van der Waals surface area contributed by atoms with Gasteiger partial charge in [-0.05, 0) is 30.5 Å². The number of carboxylic acids is 1. The van der Waals surface area contributed by atoms with Gasteiger partial charge in [0.1, 0.15) is 0 Å². The summed E-state index contributed by atoms with van der Waals surface area (Å²) in [5.74, 6) is -1.38. The number of carbonyl (C=O) groups excluding carboxylic acids is 1. The van der Waals surface area contributed by atoms with E-state index in [1.54, 1.807) is 12.1 Å². The monoisotopic (exact) mass is 390 g/mol. The molecule has 0 radical (unpaired) electrons. The fraction of sp³-hybridized carbons (Fsp3) is 0.350. The molecule has 2 rings (SSSR count). The number of pyridine rings is 1. The van der Waals surface area contributed by atoms with E-state index < -0.39 is 17.4 Å². The number of hydrogen-bond acceptors (Lipinski definition) is 3. The minimum absolute atomic E-state index is 0.162. The Morgan fingerprint density at radius 3 is 2.41 bits per heavy atom. The number of benzene rings is 1. The Balaban J connectivity index is 2.28. The van der Waals surface area contributed by atoms with Gasteiger partial charge in [-0.3, -0.25) is 14.4 Å². The van der Waals surface area contributed by atoms with Gasteiger partial charge in [-0.1, -0.05) is 43.6 Å². The molecule has 0 saturated carbocycles. The smallest absolute Gasteiger partial charge is 0.305 e. The van der Waals surface area contributed by atoms with Crippen LogP contribution in [-0.4, -0.2) is 27.1 Å². The van der Waals surface area contributed by atoms with Gasteiger partial charge >= 0.3 is 5.97 Å². The van der Waals surface area contributed by atoms with Gasteiger partial charge in [-0.2, -0.15) is 0 Å². The van der Waals surface area contributed by atoms with Crippen LogP contribution in [0.15, 0.2) is 47.4 Å². The zero-order valence-corrected chi connectivity index (χ0v) is 16.1. The molecule has 0 aliphatic heterocycles. The van der Waals surface area contributed by atoms with Gasteiger partial charge in [0.2, 0.25) is 0 Å². The number of amides is 1. The zero-order chi connectivity index (χ0) is 20.0. The first kappa shape index (κ1) is 20.7. The highest BCUT2D eigenvalue weighted by molar-refractivity contribution is 6.31. The van der Waals surface area contributed by atoms with Crippen LogP contribution >= 0.6 is 11.6 Å². The zero-order valence-electron chi connectivity index (χ0n) is 15.4. The predicted molar refractivity (Wildman–Crippen MR) is 104 cm³/mol. The molecule has 0 aliphatic carbocycles. The quantitative estimate of drug-likeness (QED) is 0.723. The van der Waals surface area contributed by atoms with E-state index in [9.17, 15) is 14.4 Å². The van der Waals surface area contributed by atoms with E-state index in [0.717, 1.165) is 5.56 Å². The summed E-state index contributed by atoms with van der Waals surface area (Å²) in [5, 5.41) is 12.5. The molecule has 0 atom stereocenters. The van der Waals surface area contributed by atoms with E-state index in [1.165, 1.54) is 22.9 Å². The number of nitrogens with zero attached hydrogens (tertiary/aromatic N) is 1. The van der Waals surface area contributed by atoms with Crippen LogP contribution in [-0.2, 0) is 11.3 Å². The summed E-state index contributed by atoms with van der Waals surface area (Å²) < 4.78 is 1.41. The second-order valence-electron chi connectivity index (χ2n) is 6.49. The fourth-order valence-electron chi connectivity index (χ4n) is 2.92. The largest absolute Gasteiger partial charge is 0.481 e. The number of aromatic nitrogens is 1. The first-order valence-electron chi connectivity index (χ1n) is 8.78. The van der Waals surface area contributed by atoms with Crippen molar-refractivity contribution >= 4 is 23.5 Å². The van der Waals surface area contributed by atoms with E-state index in [4.69, 9.17) is 16.7 Å². The summed E-state index contributed by atoms with van der Waals surface area (Å²) in [7, 11) is 0. The number of carboxylic acid groups (broad SMARTS) is 1. The van der Waals surface area contributed by atoms with Gasteiger partial charge < -0.3 is 15.0 Å². The Hall–Kier alpha value is -2.60. The molecule has 1 amide bonds. The fourth-order valence-corrected chi connectivity index (χ4v) is 3.12. The third-order valence-electron chi connectivity index (χ3n) is 4.77. The van der Waals surface area contributed by atoms with E-state index in [0.29, 0.717) is 23.4 Å². The second kappa shape index (κ2) is 8.86. The predicted octanol–water partition coefficient (Wildman–Crippen LogP) is 3.31. The van der Waals surface area contributed by atoms with Gasteiger partial charge in [-0.25, -0.2) is 0 Å². The van der Waals surface area contributed by atoms with Gasteiger partial charge in [0.05, 0.1) is 24.1 Å². The summed E-state index contributed by atoms with van der Waals surface area (Å²) in [5.41, 5.74) is -0.0270. The van der Waals surface area contributed by atoms with Gasteiger partial charge in [-0.15, -0.1) is 0 Å². The number of hydrogen-bond donors (Lipinski definition) is 2. The van der Waals surface area contributed by atoms with Crippen molar-refractivity contribution in [1.82, 2.24) is 9.88 Å². The Morgan fingerprint density at radius 1 is 1.15 bits per heavy atom. The van der Waals surface area contributed by atoms with Crippen molar-refractivity contribution in [3.8, 4) is 0 Å². The minimum Gasteiger partial charge on any atom is -0.481 e. The Kier molecular flexibility index (Phi) is 6.80. The molecule has 0 unspecified atom stereocenters. The van der Waals surface area contributed by atoms with E-state index >= 15 is 0 Å². The molecule has 0 spiro atoms. The molecule has 144 valence electrons. The summed E-state index contributed by atoms with van der Waals surface area (Å²) in [4.78, 5) is 36.0. The van der Waals surface area contributed by atoms with E-state index in [2.05, 4.69) is 5.32 Å². The second-order valence-corrected chi connectivity index (χ2v) is 6.89. The Bertz CT molecular complexity index is 888. The Labute approximate surface area is 162 Å². The third-order valence-corrected chi connectivity index (χ3v) is 5.13. The number of halogens is 1. The van der Waals surface area contributed by atoms with Crippen LogP contribution in [0.1, 0.15) is 49.0 Å². The highest BCUT2D eigenvalue weighted by atomic mass is 35.5. The lowest BCUT2D eigenvalue weighted by Crippen LogP contribution is -2.49. The molecule has 1 aromatic carbocycles. The topological polar surface area (TPSA) is 88.4 Å². The van der Waals surface area contributed by atoms with Crippen LogP contribution in [0.25, 0.3) is 0 Å². The van der Waals surface area contributed by atoms with Crippen LogP contribution in [0.4, 0.5) is 0 Å². The normalized spacial score (nSPS) is 11.2. The molecule has 27 heavy (non-hydrogen) atoms. The molecule has 7 heteroatoms. The lowest BCUT2D eigenvalue weighted by atomic mass is 9.88. The van der Waals surface area contributed by atoms with Crippen LogP contribution in [0.3, 0.4) is 0 Å². The minimum atomic E-state index is -0.970. The highest BCUT2D eigenvalue weighted by Gasteiger charge is 2.31. The summed E-state index contributed by atoms with van der Waals surface area (Å²) >= 11 is 6.15. The molecule has 1 heterocycles. The van der Waals surface area contributed by atoms with Crippen molar-refractivity contribution in [2.45, 2.75) is 45.2 Å². The molecule has 1 aromatic heterocycles. The number of nitrogens with one attached hydrogen (secondary N) is 1. The Morgan fingerprint density at radius 2 is 1.81 bits per heavy atom. The maximum Gasteiger partial charge on any atom is 0.305 e. The summed E-state index contributed by atoms with van der Waals surface area (Å²) in [6.07, 6.45) is 2.28. The first-order chi connectivity index (χ1) is 12.8. The van der Waals surface area contributed by atoms with Gasteiger partial charge in [0.15, 0.2) is 0 Å². The number of carbonyl (C=O) groups is 2. The average molecular weight is 391 g/mol. The van der Waals surface area contributed by atoms with Crippen molar-refractivity contribution < 1.29 is 14.7 Å². The maximum absolute atomic E-state index is 12.7. The third kappa shape index (κ3) is 5.20. The van der Waals surface area contributed by atoms with Crippen molar-refractivity contribution in [2.24, 2.45) is 0 Å². The molecule has 0 saturated heterocycles. The maximum atomic E-state index is 12.7. The van der Waals surface area contributed by atoms with Gasteiger partial charge in [0.25, 0.3) is 11.5 Å². The standard InChI is InChI=1S/C20H23ClN2O4/c1-3-20(4-2,11-18(25)26)22-19(27)15-9-10-17(24)23(13-15)12-14-7-5-6-8-16(14)21/h5-10,13H,3-4,11-12H2,1-2H3,(H,22,27)(H,25,26). The molecule has 0 fully saturated rings. The van der Waals surface area contributed by atoms with Crippen molar-refractivity contribution in [3.05, 3.63) is 69.1 Å². The molecule has 2 N–H and O–H groups in total. The summed E-state index contributed by atoms with van der Waals surface area (Å²) in [6.45, 7) is 3.91. The molecule has 2 aromatic rings. The first-order valence-corrected chi connectivity index (χ1v) is 9.16. The van der Waals surface area contributed by atoms with Crippen molar-refractivity contribution in [3.63, 3.8) is 0 Å². The summed E-state index contributed by atoms with van der Waals surface area (Å²) in [6, 6.07) is 9.94. The van der Waals surface area contributed by atoms with E-state index in [1.807, 2.05) is 26.0 Å². The number of aliphatic carboxylic acids is 1. The molecular formula is C20H23ClN2O4. The van der Waals surface area contributed by atoms with E-state index in [-0.39, 0.29) is 18.5 Å². The highest BCUT2D eigenvalue weighted by Crippen LogP contribution is 2.21. The molecular weight excluding hydrogens is 368 g/mol. The lowest BCUT2D eigenvalue weighted by molar-refractivity contribution is -0.138. The lowest BCUT2D eigenvalue weighted by Gasteiger charge is -2.31. The molecule has 6 nitrogen and oxygen atoms in total. The van der Waals surface area contributed by atoms with Gasteiger partial charge in [0, 0.05) is 17.3 Å². The van der Waals surface area contributed by atoms with Crippen LogP contribution < -0.4 is 10.9 Å². The van der Waals surface area contributed by atoms with Crippen LogP contribution in [0.2, 0.25) is 5.02 Å². The SMILES string of the molecule is CCC(CC)(CC(=O)O)NC(=O)c1ccc(=O)n(Cc2ccccc2Cl)c1. The molecule has 0 aliphatic rings. The molecule has 0 bridgehead atoms.